The van der Waals surface area contributed by atoms with Crippen LogP contribution in [0.3, 0.4) is 0 Å². The molecule has 1 aromatic heterocycles. The fourth-order valence-corrected chi connectivity index (χ4v) is 4.48. The topological polar surface area (TPSA) is 122 Å². The van der Waals surface area contributed by atoms with Crippen molar-refractivity contribution in [1.29, 1.82) is 0 Å². The number of piperidine rings is 1. The molecule has 0 amide bonds. The maximum atomic E-state index is 12.7. The number of hydrogen-bond acceptors (Lipinski definition) is 7. The van der Waals surface area contributed by atoms with E-state index in [-0.39, 0.29) is 12.8 Å². The van der Waals surface area contributed by atoms with Gasteiger partial charge in [0.05, 0.1) is 19.2 Å². The number of rotatable bonds is 6. The van der Waals surface area contributed by atoms with E-state index in [1.807, 2.05) is 11.0 Å². The fourth-order valence-electron chi connectivity index (χ4n) is 3.50. The van der Waals surface area contributed by atoms with E-state index in [4.69, 9.17) is 9.88 Å². The molecule has 3 rings (SSSR count). The Morgan fingerprint density at radius 3 is 2.57 bits per heavy atom. The SMILES string of the molecule is COc1ccc2c(N3CCC(N(CC(O)C(F)(F)F)S(N)(=O)=O)CC3)ncnc2c1. The number of nitrogens with zero attached hydrogens (tertiary/aromatic N) is 4. The second kappa shape index (κ2) is 8.49. The van der Waals surface area contributed by atoms with E-state index in [1.165, 1.54) is 6.33 Å². The Hall–Kier alpha value is -2.22. The van der Waals surface area contributed by atoms with E-state index < -0.39 is 35.1 Å². The van der Waals surface area contributed by atoms with Crippen molar-refractivity contribution >= 4 is 26.9 Å². The molecule has 166 valence electrons. The highest BCUT2D eigenvalue weighted by atomic mass is 32.2. The largest absolute Gasteiger partial charge is 0.497 e. The number of ether oxygens (including phenoxy) is 1. The number of methoxy groups -OCH3 is 1. The average molecular weight is 449 g/mol. The van der Waals surface area contributed by atoms with Crippen molar-refractivity contribution in [3.8, 4) is 5.75 Å². The summed E-state index contributed by atoms with van der Waals surface area (Å²) in [6.45, 7) is -0.447. The van der Waals surface area contributed by atoms with E-state index in [9.17, 15) is 26.7 Å². The Bertz CT molecular complexity index is 997. The van der Waals surface area contributed by atoms with Gasteiger partial charge in [0.15, 0.2) is 6.10 Å². The summed E-state index contributed by atoms with van der Waals surface area (Å²) >= 11 is 0. The van der Waals surface area contributed by atoms with Gasteiger partial charge in [0, 0.05) is 30.6 Å². The van der Waals surface area contributed by atoms with E-state index in [2.05, 4.69) is 9.97 Å². The zero-order valence-electron chi connectivity index (χ0n) is 16.1. The van der Waals surface area contributed by atoms with Crippen LogP contribution < -0.4 is 14.8 Å². The van der Waals surface area contributed by atoms with Crippen molar-refractivity contribution in [2.45, 2.75) is 31.2 Å². The lowest BCUT2D eigenvalue weighted by Crippen LogP contribution is -2.53. The minimum Gasteiger partial charge on any atom is -0.497 e. The first-order chi connectivity index (χ1) is 14.0. The minimum atomic E-state index is -4.94. The molecule has 1 saturated heterocycles. The lowest BCUT2D eigenvalue weighted by Gasteiger charge is -2.38. The molecule has 13 heteroatoms. The molecule has 2 aromatic rings. The summed E-state index contributed by atoms with van der Waals surface area (Å²) < 4.78 is 67.6. The van der Waals surface area contributed by atoms with Gasteiger partial charge in [-0.2, -0.15) is 25.9 Å². The van der Waals surface area contributed by atoms with Crippen LogP contribution in [0.1, 0.15) is 12.8 Å². The number of fused-ring (bicyclic) bond motifs is 1. The van der Waals surface area contributed by atoms with Crippen LogP contribution in [0.25, 0.3) is 10.9 Å². The van der Waals surface area contributed by atoms with Gasteiger partial charge < -0.3 is 14.7 Å². The molecule has 1 fully saturated rings. The molecule has 0 radical (unpaired) electrons. The van der Waals surface area contributed by atoms with Gasteiger partial charge in [-0.15, -0.1) is 0 Å². The van der Waals surface area contributed by atoms with Crippen molar-refractivity contribution in [3.63, 3.8) is 0 Å². The van der Waals surface area contributed by atoms with Crippen LogP contribution in [0.4, 0.5) is 19.0 Å². The Morgan fingerprint density at radius 1 is 1.33 bits per heavy atom. The number of aliphatic hydroxyl groups is 1. The third kappa shape index (κ3) is 4.91. The quantitative estimate of drug-likeness (QED) is 0.676. The number of aromatic nitrogens is 2. The van der Waals surface area contributed by atoms with E-state index in [0.717, 1.165) is 5.39 Å². The van der Waals surface area contributed by atoms with Crippen LogP contribution in [-0.2, 0) is 10.2 Å². The third-order valence-corrected chi connectivity index (χ3v) is 6.15. The molecule has 2 heterocycles. The molecule has 3 N–H and O–H groups in total. The molecule has 0 bridgehead atoms. The molecular weight excluding hydrogens is 427 g/mol. The lowest BCUT2D eigenvalue weighted by atomic mass is 10.0. The van der Waals surface area contributed by atoms with Crippen molar-refractivity contribution in [2.24, 2.45) is 5.14 Å². The number of benzene rings is 1. The minimum absolute atomic E-state index is 0.225. The summed E-state index contributed by atoms with van der Waals surface area (Å²) in [5, 5.41) is 15.2. The van der Waals surface area contributed by atoms with Gasteiger partial charge in [-0.05, 0) is 25.0 Å². The first-order valence-electron chi connectivity index (χ1n) is 9.08. The molecule has 30 heavy (non-hydrogen) atoms. The van der Waals surface area contributed by atoms with Gasteiger partial charge in [0.25, 0.3) is 10.2 Å². The molecule has 0 saturated carbocycles. The first kappa shape index (κ1) is 22.5. The monoisotopic (exact) mass is 449 g/mol. The smallest absolute Gasteiger partial charge is 0.415 e. The van der Waals surface area contributed by atoms with Gasteiger partial charge in [0.1, 0.15) is 17.9 Å². The number of anilines is 1. The van der Waals surface area contributed by atoms with Crippen LogP contribution in [0.15, 0.2) is 24.5 Å². The van der Waals surface area contributed by atoms with Crippen LogP contribution in [-0.4, -0.2) is 72.9 Å². The molecule has 9 nitrogen and oxygen atoms in total. The zero-order chi connectivity index (χ0) is 22.1. The van der Waals surface area contributed by atoms with Crippen molar-refractivity contribution in [3.05, 3.63) is 24.5 Å². The number of hydrogen-bond donors (Lipinski definition) is 2. The molecule has 1 atom stereocenters. The second-order valence-corrected chi connectivity index (χ2v) is 8.47. The van der Waals surface area contributed by atoms with E-state index >= 15 is 0 Å². The summed E-state index contributed by atoms with van der Waals surface area (Å²) in [5.41, 5.74) is 0.668. The second-order valence-electron chi connectivity index (χ2n) is 6.97. The highest BCUT2D eigenvalue weighted by Crippen LogP contribution is 2.30. The van der Waals surface area contributed by atoms with Gasteiger partial charge in [-0.3, -0.25) is 0 Å². The summed E-state index contributed by atoms with van der Waals surface area (Å²) in [7, 11) is -2.89. The Labute approximate surface area is 171 Å². The first-order valence-corrected chi connectivity index (χ1v) is 10.6. The summed E-state index contributed by atoms with van der Waals surface area (Å²) in [6, 6.07) is 4.57. The number of aliphatic hydroxyl groups excluding tert-OH is 1. The summed E-state index contributed by atoms with van der Waals surface area (Å²) in [6.07, 6.45) is -5.90. The highest BCUT2D eigenvalue weighted by Gasteiger charge is 2.43. The summed E-state index contributed by atoms with van der Waals surface area (Å²) in [4.78, 5) is 10.4. The van der Waals surface area contributed by atoms with Crippen molar-refractivity contribution in [1.82, 2.24) is 14.3 Å². The molecule has 1 aliphatic heterocycles. The molecule has 1 aromatic carbocycles. The third-order valence-electron chi connectivity index (χ3n) is 5.05. The Kier molecular flexibility index (Phi) is 6.36. The zero-order valence-corrected chi connectivity index (χ0v) is 16.9. The summed E-state index contributed by atoms with van der Waals surface area (Å²) in [5.74, 6) is 1.27. The van der Waals surface area contributed by atoms with Gasteiger partial charge in [-0.1, -0.05) is 0 Å². The lowest BCUT2D eigenvalue weighted by molar-refractivity contribution is -0.206. The molecule has 1 aliphatic rings. The average Bonchev–Trinajstić information content (AvgIpc) is 2.69. The predicted octanol–water partition coefficient (Wildman–Crippen LogP) is 1.04. The Balaban J connectivity index is 1.77. The fraction of sp³-hybridized carbons (Fsp3) is 0.529. The maximum absolute atomic E-state index is 12.7. The predicted molar refractivity (Wildman–Crippen MR) is 103 cm³/mol. The van der Waals surface area contributed by atoms with E-state index in [0.29, 0.717) is 34.5 Å². The van der Waals surface area contributed by atoms with Gasteiger partial charge in [0.2, 0.25) is 0 Å². The van der Waals surface area contributed by atoms with Crippen LogP contribution in [0.2, 0.25) is 0 Å². The van der Waals surface area contributed by atoms with Crippen molar-refractivity contribution in [2.75, 3.05) is 31.6 Å². The van der Waals surface area contributed by atoms with Gasteiger partial charge in [-0.25, -0.2) is 15.1 Å². The normalized spacial score (nSPS) is 17.5. The Morgan fingerprint density at radius 2 is 2.00 bits per heavy atom. The number of alkyl halides is 3. The standard InChI is InChI=1S/C17H22F3N5O4S/c1-29-12-2-3-13-14(8-12)22-10-23-16(13)24-6-4-11(5-7-24)25(30(21,27)28)9-15(26)17(18,19)20/h2-3,8,10-11,15,26H,4-7,9H2,1H3,(H2,21,27,28). The molecular formula is C17H22F3N5O4S. The number of nitrogens with two attached hydrogens (primary N) is 1. The maximum Gasteiger partial charge on any atom is 0.415 e. The molecule has 1 unspecified atom stereocenters. The van der Waals surface area contributed by atoms with Crippen LogP contribution in [0, 0.1) is 0 Å². The van der Waals surface area contributed by atoms with Crippen molar-refractivity contribution < 1.29 is 31.4 Å². The van der Waals surface area contributed by atoms with Crippen LogP contribution >= 0.6 is 0 Å². The van der Waals surface area contributed by atoms with Gasteiger partial charge >= 0.3 is 6.18 Å². The highest BCUT2D eigenvalue weighted by molar-refractivity contribution is 7.86. The molecule has 0 aliphatic carbocycles. The van der Waals surface area contributed by atoms with Crippen LogP contribution in [0.5, 0.6) is 5.75 Å². The van der Waals surface area contributed by atoms with E-state index in [1.54, 1.807) is 19.2 Å². The number of halogens is 3. The molecule has 0 spiro atoms.